The molecule has 1 aliphatic rings. The molecule has 39 heavy (non-hydrogen) atoms. The van der Waals surface area contributed by atoms with Crippen LogP contribution in [0.5, 0.6) is 0 Å². The third-order valence-electron chi connectivity index (χ3n) is 7.32. The van der Waals surface area contributed by atoms with Crippen molar-refractivity contribution < 1.29 is 14.6 Å². The lowest BCUT2D eigenvalue weighted by molar-refractivity contribution is -0.138. The van der Waals surface area contributed by atoms with Crippen molar-refractivity contribution in [3.05, 3.63) is 53.5 Å². The smallest absolute Gasteiger partial charge is 0.326 e. The number of aromatic nitrogens is 3. The molecule has 0 aliphatic carbocycles. The van der Waals surface area contributed by atoms with E-state index in [1.165, 1.54) is 5.56 Å². The molecule has 0 fully saturated rings. The number of aryl methyl sites for hydroxylation is 3. The number of aliphatic carboxylic acids is 1. The lowest BCUT2D eigenvalue weighted by Gasteiger charge is -2.32. The maximum atomic E-state index is 12.2. The largest absolute Gasteiger partial charge is 0.480 e. The molecular weight excluding hydrogens is 492 g/mol. The minimum absolute atomic E-state index is 0.335. The van der Waals surface area contributed by atoms with Gasteiger partial charge in [0, 0.05) is 37.8 Å². The number of nitrogens with zero attached hydrogens (tertiary/aromatic N) is 4. The van der Waals surface area contributed by atoms with Crippen molar-refractivity contribution in [1.82, 2.24) is 19.9 Å². The maximum Gasteiger partial charge on any atom is 0.326 e. The van der Waals surface area contributed by atoms with Gasteiger partial charge in [-0.05, 0) is 89.6 Å². The standard InChI is InChI=1S/C30H42N6O3/c1-21-32-25-13-6-5-12-24(25)28(33-21)35-26(29(37)38)16-19-36(20-30(2,3)39-4)18-8-7-11-23-15-14-22-10-9-17-31-27(22)34-23/h5-6,12-15,26H,7-11,16-20H2,1-4H3,(H,31,34)(H,37,38)(H,32,33,35)/t26-/m0/s1. The van der Waals surface area contributed by atoms with Gasteiger partial charge < -0.3 is 25.4 Å². The molecule has 0 radical (unpaired) electrons. The van der Waals surface area contributed by atoms with Crippen LogP contribution >= 0.6 is 0 Å². The summed E-state index contributed by atoms with van der Waals surface area (Å²) in [5.41, 5.74) is 2.89. The second-order valence-corrected chi connectivity index (χ2v) is 11.0. The van der Waals surface area contributed by atoms with E-state index in [0.717, 1.165) is 67.6 Å². The van der Waals surface area contributed by atoms with E-state index in [0.29, 0.717) is 31.2 Å². The normalized spacial score (nSPS) is 14.2. The summed E-state index contributed by atoms with van der Waals surface area (Å²) < 4.78 is 5.70. The topological polar surface area (TPSA) is 113 Å². The Morgan fingerprint density at radius 1 is 1.15 bits per heavy atom. The fourth-order valence-electron chi connectivity index (χ4n) is 5.06. The minimum Gasteiger partial charge on any atom is -0.480 e. The highest BCUT2D eigenvalue weighted by molar-refractivity contribution is 5.90. The number of nitrogens with one attached hydrogen (secondary N) is 2. The molecule has 0 spiro atoms. The van der Waals surface area contributed by atoms with Crippen LogP contribution in [-0.4, -0.2) is 75.9 Å². The van der Waals surface area contributed by atoms with Crippen LogP contribution in [0.2, 0.25) is 0 Å². The number of carbonyl (C=O) groups is 1. The number of fused-ring (bicyclic) bond motifs is 2. The van der Waals surface area contributed by atoms with Crippen molar-refractivity contribution in [3.8, 4) is 0 Å². The van der Waals surface area contributed by atoms with Crippen LogP contribution in [-0.2, 0) is 22.4 Å². The molecule has 1 aromatic carbocycles. The quantitative estimate of drug-likeness (QED) is 0.253. The highest BCUT2D eigenvalue weighted by Crippen LogP contribution is 2.22. The third-order valence-corrected chi connectivity index (χ3v) is 7.32. The molecule has 9 nitrogen and oxygen atoms in total. The SMILES string of the molecule is COC(C)(C)CN(CCCCc1ccc2c(n1)NCCC2)CC[C@H](Nc1nc(C)nc2ccccc12)C(=O)O. The van der Waals surface area contributed by atoms with Crippen molar-refractivity contribution in [2.24, 2.45) is 0 Å². The number of hydrogen-bond donors (Lipinski definition) is 3. The Morgan fingerprint density at radius 2 is 1.97 bits per heavy atom. The van der Waals surface area contributed by atoms with Crippen molar-refractivity contribution in [2.45, 2.75) is 70.9 Å². The zero-order valence-electron chi connectivity index (χ0n) is 23.7. The molecule has 0 saturated heterocycles. The highest BCUT2D eigenvalue weighted by Gasteiger charge is 2.24. The average molecular weight is 535 g/mol. The molecule has 1 atom stereocenters. The van der Waals surface area contributed by atoms with Crippen LogP contribution in [0, 0.1) is 6.92 Å². The first-order chi connectivity index (χ1) is 18.7. The Labute approximate surface area is 231 Å². The number of carboxylic acids is 1. The number of carboxylic acid groups (broad SMARTS) is 1. The maximum absolute atomic E-state index is 12.2. The predicted molar refractivity (Wildman–Crippen MR) is 155 cm³/mol. The number of pyridine rings is 1. The summed E-state index contributed by atoms with van der Waals surface area (Å²) >= 11 is 0. The molecule has 3 heterocycles. The van der Waals surface area contributed by atoms with Crippen LogP contribution in [0.4, 0.5) is 11.6 Å². The van der Waals surface area contributed by atoms with Crippen molar-refractivity contribution in [2.75, 3.05) is 43.9 Å². The van der Waals surface area contributed by atoms with Gasteiger partial charge in [-0.25, -0.2) is 19.7 Å². The third kappa shape index (κ3) is 8.10. The van der Waals surface area contributed by atoms with Gasteiger partial charge in [0.1, 0.15) is 23.5 Å². The summed E-state index contributed by atoms with van der Waals surface area (Å²) in [5, 5.41) is 17.4. The van der Waals surface area contributed by atoms with Gasteiger partial charge in [0.15, 0.2) is 0 Å². The van der Waals surface area contributed by atoms with Crippen molar-refractivity contribution in [3.63, 3.8) is 0 Å². The summed E-state index contributed by atoms with van der Waals surface area (Å²) in [6.07, 6.45) is 5.63. The number of methoxy groups -OCH3 is 1. The molecule has 4 rings (SSSR count). The van der Waals surface area contributed by atoms with Crippen LogP contribution in [0.3, 0.4) is 0 Å². The van der Waals surface area contributed by atoms with Gasteiger partial charge in [0.05, 0.1) is 11.1 Å². The minimum atomic E-state index is -0.895. The Balaban J connectivity index is 1.36. The number of anilines is 2. The Morgan fingerprint density at radius 3 is 2.77 bits per heavy atom. The molecule has 0 amide bonds. The zero-order chi connectivity index (χ0) is 27.8. The van der Waals surface area contributed by atoms with Gasteiger partial charge in [-0.3, -0.25) is 0 Å². The molecule has 1 aliphatic heterocycles. The van der Waals surface area contributed by atoms with Gasteiger partial charge in [0.25, 0.3) is 0 Å². The first kappa shape index (κ1) is 28.7. The molecule has 210 valence electrons. The molecule has 0 unspecified atom stereocenters. The van der Waals surface area contributed by atoms with E-state index in [1.54, 1.807) is 7.11 Å². The first-order valence-corrected chi connectivity index (χ1v) is 14.0. The van der Waals surface area contributed by atoms with Crippen LogP contribution < -0.4 is 10.6 Å². The summed E-state index contributed by atoms with van der Waals surface area (Å²) in [6.45, 7) is 9.13. The highest BCUT2D eigenvalue weighted by atomic mass is 16.5. The van der Waals surface area contributed by atoms with E-state index < -0.39 is 12.0 Å². The molecule has 0 saturated carbocycles. The van der Waals surface area contributed by atoms with Crippen molar-refractivity contribution in [1.29, 1.82) is 0 Å². The van der Waals surface area contributed by atoms with Gasteiger partial charge in [-0.1, -0.05) is 18.2 Å². The van der Waals surface area contributed by atoms with Gasteiger partial charge >= 0.3 is 5.97 Å². The average Bonchev–Trinajstić information content (AvgIpc) is 2.92. The Kier molecular flexibility index (Phi) is 9.69. The number of para-hydroxylation sites is 1. The number of ether oxygens (including phenoxy) is 1. The molecular formula is C30H42N6O3. The lowest BCUT2D eigenvalue weighted by Crippen LogP contribution is -2.43. The number of unbranched alkanes of at least 4 members (excludes halogenated alkanes) is 1. The van der Waals surface area contributed by atoms with E-state index in [2.05, 4.69) is 51.5 Å². The number of benzene rings is 1. The first-order valence-electron chi connectivity index (χ1n) is 14.0. The molecule has 2 aromatic heterocycles. The van der Waals surface area contributed by atoms with Crippen LogP contribution in [0.25, 0.3) is 10.9 Å². The van der Waals surface area contributed by atoms with E-state index in [1.807, 2.05) is 31.2 Å². The van der Waals surface area contributed by atoms with E-state index >= 15 is 0 Å². The lowest BCUT2D eigenvalue weighted by atomic mass is 10.1. The summed E-state index contributed by atoms with van der Waals surface area (Å²) in [5.74, 6) is 1.31. The molecule has 9 heteroatoms. The molecule has 3 aromatic rings. The van der Waals surface area contributed by atoms with Gasteiger partial charge in [0.2, 0.25) is 0 Å². The predicted octanol–water partition coefficient (Wildman–Crippen LogP) is 4.70. The number of rotatable bonds is 14. The zero-order valence-corrected chi connectivity index (χ0v) is 23.7. The Hall–Kier alpha value is -3.30. The van der Waals surface area contributed by atoms with E-state index in [4.69, 9.17) is 9.72 Å². The molecule has 0 bridgehead atoms. The monoisotopic (exact) mass is 534 g/mol. The van der Waals surface area contributed by atoms with Gasteiger partial charge in [-0.15, -0.1) is 0 Å². The van der Waals surface area contributed by atoms with Gasteiger partial charge in [-0.2, -0.15) is 0 Å². The van der Waals surface area contributed by atoms with E-state index in [-0.39, 0.29) is 5.60 Å². The molecule has 3 N–H and O–H groups in total. The van der Waals surface area contributed by atoms with Crippen LogP contribution in [0.1, 0.15) is 56.6 Å². The van der Waals surface area contributed by atoms with Crippen molar-refractivity contribution >= 4 is 28.5 Å². The second kappa shape index (κ2) is 13.2. The van der Waals surface area contributed by atoms with Crippen LogP contribution in [0.15, 0.2) is 36.4 Å². The summed E-state index contributed by atoms with van der Waals surface area (Å²) in [6, 6.07) is 11.2. The fourth-order valence-corrected chi connectivity index (χ4v) is 5.06. The number of hydrogen-bond acceptors (Lipinski definition) is 8. The van der Waals surface area contributed by atoms with E-state index in [9.17, 15) is 9.90 Å². The second-order valence-electron chi connectivity index (χ2n) is 11.0. The summed E-state index contributed by atoms with van der Waals surface area (Å²) in [4.78, 5) is 28.3. The summed E-state index contributed by atoms with van der Waals surface area (Å²) in [7, 11) is 1.72. The fraction of sp³-hybridized carbons (Fsp3) is 0.533. The Bertz CT molecular complexity index is 1260.